The molecule has 0 aliphatic rings. The van der Waals surface area contributed by atoms with Crippen molar-refractivity contribution in [3.05, 3.63) is 59.7 Å². The Morgan fingerprint density at radius 1 is 1.12 bits per heavy atom. The first-order valence-electron chi connectivity index (χ1n) is 7.91. The van der Waals surface area contributed by atoms with Crippen LogP contribution >= 0.6 is 0 Å². The van der Waals surface area contributed by atoms with Crippen LogP contribution in [0.15, 0.2) is 53.4 Å². The number of para-hydroxylation sites is 1. The molecule has 2 aromatic carbocycles. The number of amides is 1. The number of ether oxygens (including phenoxy) is 1. The van der Waals surface area contributed by atoms with Gasteiger partial charge in [-0.05, 0) is 41.3 Å². The fourth-order valence-corrected chi connectivity index (χ4v) is 3.27. The smallest absolute Gasteiger partial charge is 0.271 e. The summed E-state index contributed by atoms with van der Waals surface area (Å²) in [5.41, 5.74) is 1.07. The lowest BCUT2D eigenvalue weighted by atomic mass is 9.86. The lowest BCUT2D eigenvalue weighted by Gasteiger charge is -2.22. The maximum absolute atomic E-state index is 12.2. The topological polar surface area (TPSA) is 96.3 Å². The number of rotatable bonds is 5. The molecule has 0 atom stereocenters. The molecule has 26 heavy (non-hydrogen) atoms. The molecule has 2 rings (SSSR count). The first-order valence-corrected chi connectivity index (χ1v) is 9.40. The summed E-state index contributed by atoms with van der Waals surface area (Å²) in [7, 11) is -4.02. The fourth-order valence-electron chi connectivity index (χ4n) is 2.30. The number of hydrogen-bond acceptors (Lipinski definition) is 5. The monoisotopic (exact) mass is 372 g/mol. The van der Waals surface area contributed by atoms with Gasteiger partial charge in [-0.25, -0.2) is 13.1 Å². The Hall–Kier alpha value is -2.85. The lowest BCUT2D eigenvalue weighted by Crippen LogP contribution is -2.34. The molecule has 6 nitrogen and oxygen atoms in total. The van der Waals surface area contributed by atoms with Gasteiger partial charge in [0.05, 0.1) is 16.5 Å². The van der Waals surface area contributed by atoms with Crippen LogP contribution in [0.5, 0.6) is 5.75 Å². The van der Waals surface area contributed by atoms with Gasteiger partial charge < -0.3 is 4.74 Å². The van der Waals surface area contributed by atoms with Gasteiger partial charge in [-0.1, -0.05) is 39.0 Å². The molecule has 0 spiro atoms. The number of benzene rings is 2. The van der Waals surface area contributed by atoms with Crippen molar-refractivity contribution >= 4 is 15.9 Å². The lowest BCUT2D eigenvalue weighted by molar-refractivity contribution is -0.121. The van der Waals surface area contributed by atoms with Gasteiger partial charge in [-0.2, -0.15) is 5.26 Å². The van der Waals surface area contributed by atoms with E-state index in [0.29, 0.717) is 11.3 Å². The predicted molar refractivity (Wildman–Crippen MR) is 97.1 cm³/mol. The van der Waals surface area contributed by atoms with Gasteiger partial charge in [0.15, 0.2) is 6.61 Å². The average Bonchev–Trinajstić information content (AvgIpc) is 2.59. The van der Waals surface area contributed by atoms with Gasteiger partial charge in [0.2, 0.25) is 0 Å². The van der Waals surface area contributed by atoms with Crippen LogP contribution in [0.3, 0.4) is 0 Å². The predicted octanol–water partition coefficient (Wildman–Crippen LogP) is 2.74. The number of carbonyl (C=O) groups is 1. The third-order valence-electron chi connectivity index (χ3n) is 3.60. The zero-order chi connectivity index (χ0) is 19.4. The van der Waals surface area contributed by atoms with Crippen molar-refractivity contribution in [2.45, 2.75) is 31.1 Å². The first kappa shape index (κ1) is 19.5. The second-order valence-electron chi connectivity index (χ2n) is 6.70. The Balaban J connectivity index is 2.06. The normalized spacial score (nSPS) is 11.5. The average molecular weight is 372 g/mol. The SMILES string of the molecule is CC(C)(C)c1ccccc1OCC(=O)NS(=O)(=O)c1ccc(C#N)cc1. The van der Waals surface area contributed by atoms with Crippen LogP contribution in [-0.4, -0.2) is 20.9 Å². The van der Waals surface area contributed by atoms with Crippen molar-refractivity contribution in [1.82, 2.24) is 4.72 Å². The Morgan fingerprint density at radius 3 is 2.31 bits per heavy atom. The second-order valence-corrected chi connectivity index (χ2v) is 8.38. The van der Waals surface area contributed by atoms with Crippen molar-refractivity contribution in [2.75, 3.05) is 6.61 Å². The molecule has 0 heterocycles. The number of nitriles is 1. The minimum atomic E-state index is -4.02. The van der Waals surface area contributed by atoms with Gasteiger partial charge in [-0.3, -0.25) is 4.79 Å². The van der Waals surface area contributed by atoms with Crippen LogP contribution in [0, 0.1) is 11.3 Å². The van der Waals surface area contributed by atoms with E-state index in [4.69, 9.17) is 10.00 Å². The third-order valence-corrected chi connectivity index (χ3v) is 4.98. The quantitative estimate of drug-likeness (QED) is 0.870. The van der Waals surface area contributed by atoms with Crippen molar-refractivity contribution in [1.29, 1.82) is 5.26 Å². The molecule has 7 heteroatoms. The molecular weight excluding hydrogens is 352 g/mol. The summed E-state index contributed by atoms with van der Waals surface area (Å²) in [5.74, 6) is -0.246. The molecular formula is C19H20N2O4S. The summed E-state index contributed by atoms with van der Waals surface area (Å²) >= 11 is 0. The van der Waals surface area contributed by atoms with Crippen LogP contribution in [0.25, 0.3) is 0 Å². The van der Waals surface area contributed by atoms with E-state index in [2.05, 4.69) is 0 Å². The summed E-state index contributed by atoms with van der Waals surface area (Å²) in [6.45, 7) is 5.63. The number of nitrogens with zero attached hydrogens (tertiary/aromatic N) is 1. The summed E-state index contributed by atoms with van der Waals surface area (Å²) in [5, 5.41) is 8.75. The fraction of sp³-hybridized carbons (Fsp3) is 0.263. The standard InChI is InChI=1S/C19H20N2O4S/c1-19(2,3)16-6-4-5-7-17(16)25-13-18(22)21-26(23,24)15-10-8-14(12-20)9-11-15/h4-11H,13H2,1-3H3,(H,21,22). The molecule has 0 saturated carbocycles. The Labute approximate surface area is 153 Å². The highest BCUT2D eigenvalue weighted by atomic mass is 32.2. The van der Waals surface area contributed by atoms with E-state index in [9.17, 15) is 13.2 Å². The zero-order valence-corrected chi connectivity index (χ0v) is 15.6. The molecule has 0 unspecified atom stereocenters. The number of carbonyl (C=O) groups excluding carboxylic acids is 1. The molecule has 0 saturated heterocycles. The van der Waals surface area contributed by atoms with Crippen LogP contribution in [-0.2, 0) is 20.2 Å². The molecule has 0 aromatic heterocycles. The number of sulfonamides is 1. The van der Waals surface area contributed by atoms with Crippen LogP contribution in [0.1, 0.15) is 31.9 Å². The Morgan fingerprint density at radius 2 is 1.73 bits per heavy atom. The van der Waals surface area contributed by atoms with E-state index in [0.717, 1.165) is 5.56 Å². The largest absolute Gasteiger partial charge is 0.483 e. The summed E-state index contributed by atoms with van der Waals surface area (Å²) in [6.07, 6.45) is 0. The molecule has 0 fully saturated rings. The molecule has 0 aliphatic heterocycles. The molecule has 1 N–H and O–H groups in total. The van der Waals surface area contributed by atoms with Gasteiger partial charge in [0, 0.05) is 0 Å². The molecule has 0 radical (unpaired) electrons. The van der Waals surface area contributed by atoms with E-state index in [-0.39, 0.29) is 10.3 Å². The van der Waals surface area contributed by atoms with Crippen LogP contribution < -0.4 is 9.46 Å². The Bertz CT molecular complexity index is 937. The zero-order valence-electron chi connectivity index (χ0n) is 14.8. The maximum atomic E-state index is 12.2. The molecule has 136 valence electrons. The van der Waals surface area contributed by atoms with Gasteiger partial charge >= 0.3 is 0 Å². The highest BCUT2D eigenvalue weighted by Gasteiger charge is 2.21. The van der Waals surface area contributed by atoms with Crippen molar-refractivity contribution in [3.63, 3.8) is 0 Å². The first-order chi connectivity index (χ1) is 12.1. The van der Waals surface area contributed by atoms with Crippen LogP contribution in [0.4, 0.5) is 0 Å². The summed E-state index contributed by atoms with van der Waals surface area (Å²) in [4.78, 5) is 11.9. The van der Waals surface area contributed by atoms with Crippen molar-refractivity contribution in [3.8, 4) is 11.8 Å². The highest BCUT2D eigenvalue weighted by molar-refractivity contribution is 7.90. The van der Waals surface area contributed by atoms with E-state index in [1.54, 1.807) is 12.1 Å². The van der Waals surface area contributed by atoms with Crippen molar-refractivity contribution < 1.29 is 17.9 Å². The number of hydrogen-bond donors (Lipinski definition) is 1. The molecule has 2 aromatic rings. The van der Waals surface area contributed by atoms with E-state index < -0.39 is 22.5 Å². The highest BCUT2D eigenvalue weighted by Crippen LogP contribution is 2.30. The van der Waals surface area contributed by atoms with E-state index in [1.165, 1.54) is 24.3 Å². The van der Waals surface area contributed by atoms with E-state index >= 15 is 0 Å². The summed E-state index contributed by atoms with van der Waals surface area (Å²) in [6, 6.07) is 14.5. The van der Waals surface area contributed by atoms with Gasteiger partial charge in [0.25, 0.3) is 15.9 Å². The van der Waals surface area contributed by atoms with Gasteiger partial charge in [-0.15, -0.1) is 0 Å². The minimum absolute atomic E-state index is 0.0973. The van der Waals surface area contributed by atoms with Gasteiger partial charge in [0.1, 0.15) is 5.75 Å². The minimum Gasteiger partial charge on any atom is -0.483 e. The third kappa shape index (κ3) is 4.83. The maximum Gasteiger partial charge on any atom is 0.271 e. The second kappa shape index (κ2) is 7.58. The molecule has 0 bridgehead atoms. The van der Waals surface area contributed by atoms with Crippen molar-refractivity contribution in [2.24, 2.45) is 0 Å². The van der Waals surface area contributed by atoms with Crippen LogP contribution in [0.2, 0.25) is 0 Å². The van der Waals surface area contributed by atoms with E-state index in [1.807, 2.05) is 43.7 Å². The Kier molecular flexibility index (Phi) is 5.68. The number of nitrogens with one attached hydrogen (secondary N) is 1. The summed E-state index contributed by atoms with van der Waals surface area (Å²) < 4.78 is 31.9. The molecule has 0 aliphatic carbocycles. The molecule has 1 amide bonds.